The largest absolute Gasteiger partial charge is 0.328 e. The molecule has 132 valence electrons. The molecule has 1 atom stereocenters. The maximum Gasteiger partial charge on any atom is 0.247 e. The minimum absolute atomic E-state index is 0.0773. The zero-order valence-electron chi connectivity index (χ0n) is 14.0. The van der Waals surface area contributed by atoms with Gasteiger partial charge in [-0.2, -0.15) is 0 Å². The number of ketones is 1. The van der Waals surface area contributed by atoms with Crippen molar-refractivity contribution in [2.24, 2.45) is 0 Å². The highest BCUT2D eigenvalue weighted by Gasteiger charge is 2.24. The van der Waals surface area contributed by atoms with E-state index in [4.69, 9.17) is 0 Å². The molecule has 1 N–H and O–H groups in total. The minimum atomic E-state index is -0.745. The van der Waals surface area contributed by atoms with Crippen LogP contribution in [0.3, 0.4) is 0 Å². The highest BCUT2D eigenvalue weighted by atomic mass is 19.1. The summed E-state index contributed by atoms with van der Waals surface area (Å²) in [7, 11) is 0. The fourth-order valence-corrected chi connectivity index (χ4v) is 2.74. The van der Waals surface area contributed by atoms with Crippen LogP contribution in [0.15, 0.2) is 59.7 Å². The lowest BCUT2D eigenvalue weighted by atomic mass is 9.88. The first-order chi connectivity index (χ1) is 12.5. The van der Waals surface area contributed by atoms with E-state index in [1.54, 1.807) is 19.1 Å². The Labute approximate surface area is 148 Å². The third kappa shape index (κ3) is 3.74. The molecule has 0 unspecified atom stereocenters. The summed E-state index contributed by atoms with van der Waals surface area (Å²) in [6.45, 7) is 1.63. The van der Waals surface area contributed by atoms with Crippen molar-refractivity contribution >= 4 is 5.78 Å². The molecule has 0 aliphatic rings. The SMILES string of the molecule is Cc1ccc([C@H](CC(=O)c2ccc(=O)[nH]c2)c2ncccc2F)cc1F. The number of carbonyl (C=O) groups is 1. The average molecular weight is 354 g/mol. The van der Waals surface area contributed by atoms with Crippen LogP contribution in [0.5, 0.6) is 0 Å². The molecule has 26 heavy (non-hydrogen) atoms. The van der Waals surface area contributed by atoms with Crippen molar-refractivity contribution in [1.29, 1.82) is 0 Å². The van der Waals surface area contributed by atoms with Gasteiger partial charge in [-0.3, -0.25) is 14.6 Å². The van der Waals surface area contributed by atoms with Gasteiger partial charge in [0.25, 0.3) is 0 Å². The second kappa shape index (κ2) is 7.39. The molecule has 1 aromatic carbocycles. The van der Waals surface area contributed by atoms with Gasteiger partial charge in [0.15, 0.2) is 5.78 Å². The Hall–Kier alpha value is -3.15. The first kappa shape index (κ1) is 17.7. The second-order valence-electron chi connectivity index (χ2n) is 6.00. The quantitative estimate of drug-likeness (QED) is 0.710. The summed E-state index contributed by atoms with van der Waals surface area (Å²) in [6.07, 6.45) is 2.63. The van der Waals surface area contributed by atoms with Crippen molar-refractivity contribution in [3.8, 4) is 0 Å². The Kier molecular flexibility index (Phi) is 5.02. The van der Waals surface area contributed by atoms with Gasteiger partial charge in [-0.05, 0) is 42.3 Å². The number of Topliss-reactive ketones (excluding diaryl/α,β-unsaturated/α-hetero) is 1. The number of aryl methyl sites for hydroxylation is 1. The minimum Gasteiger partial charge on any atom is -0.328 e. The molecule has 6 heteroatoms. The van der Waals surface area contributed by atoms with Crippen molar-refractivity contribution in [3.63, 3.8) is 0 Å². The number of nitrogens with one attached hydrogen (secondary N) is 1. The van der Waals surface area contributed by atoms with Crippen LogP contribution in [0.4, 0.5) is 8.78 Å². The predicted octanol–water partition coefficient (Wildman–Crippen LogP) is 3.76. The third-order valence-corrected chi connectivity index (χ3v) is 4.21. The number of pyridine rings is 2. The Balaban J connectivity index is 2.01. The molecule has 0 aliphatic heterocycles. The van der Waals surface area contributed by atoms with E-state index in [2.05, 4.69) is 9.97 Å². The molecule has 2 aromatic heterocycles. The smallest absolute Gasteiger partial charge is 0.247 e. The summed E-state index contributed by atoms with van der Waals surface area (Å²) in [4.78, 5) is 30.3. The van der Waals surface area contributed by atoms with Gasteiger partial charge in [0.1, 0.15) is 11.6 Å². The van der Waals surface area contributed by atoms with Crippen LogP contribution < -0.4 is 5.56 Å². The van der Waals surface area contributed by atoms with Gasteiger partial charge >= 0.3 is 0 Å². The van der Waals surface area contributed by atoms with Crippen molar-refractivity contribution in [2.75, 3.05) is 0 Å². The number of aromatic amines is 1. The fourth-order valence-electron chi connectivity index (χ4n) is 2.74. The van der Waals surface area contributed by atoms with Gasteiger partial charge in [0.2, 0.25) is 5.56 Å². The summed E-state index contributed by atoms with van der Waals surface area (Å²) < 4.78 is 28.3. The molecule has 0 amide bonds. The molecule has 0 spiro atoms. The maximum absolute atomic E-state index is 14.3. The van der Waals surface area contributed by atoms with Gasteiger partial charge in [-0.15, -0.1) is 0 Å². The summed E-state index contributed by atoms with van der Waals surface area (Å²) >= 11 is 0. The van der Waals surface area contributed by atoms with E-state index in [-0.39, 0.29) is 23.5 Å². The number of halogens is 2. The number of benzene rings is 1. The number of aromatic nitrogens is 2. The molecule has 0 saturated heterocycles. The van der Waals surface area contributed by atoms with Gasteiger partial charge in [0, 0.05) is 36.4 Å². The zero-order valence-corrected chi connectivity index (χ0v) is 14.0. The van der Waals surface area contributed by atoms with E-state index < -0.39 is 17.6 Å². The zero-order chi connectivity index (χ0) is 18.7. The van der Waals surface area contributed by atoms with Crippen LogP contribution in [0.2, 0.25) is 0 Å². The van der Waals surface area contributed by atoms with Gasteiger partial charge in [-0.25, -0.2) is 8.78 Å². The van der Waals surface area contributed by atoms with Crippen molar-refractivity contribution in [3.05, 3.63) is 99.2 Å². The fraction of sp³-hybridized carbons (Fsp3) is 0.150. The Morgan fingerprint density at radius 3 is 2.62 bits per heavy atom. The van der Waals surface area contributed by atoms with Gasteiger partial charge < -0.3 is 4.98 Å². The Morgan fingerprint density at radius 2 is 1.96 bits per heavy atom. The molecule has 0 saturated carbocycles. The summed E-state index contributed by atoms with van der Waals surface area (Å²) in [5.74, 6) is -2.05. The topological polar surface area (TPSA) is 62.8 Å². The van der Waals surface area contributed by atoms with Crippen LogP contribution >= 0.6 is 0 Å². The second-order valence-corrected chi connectivity index (χ2v) is 6.00. The van der Waals surface area contributed by atoms with Gasteiger partial charge in [-0.1, -0.05) is 12.1 Å². The maximum atomic E-state index is 14.3. The molecule has 0 bridgehead atoms. The van der Waals surface area contributed by atoms with E-state index >= 15 is 0 Å². The molecule has 0 fully saturated rings. The Bertz CT molecular complexity index is 994. The molecular weight excluding hydrogens is 338 g/mol. The third-order valence-electron chi connectivity index (χ3n) is 4.21. The normalized spacial score (nSPS) is 12.0. The van der Waals surface area contributed by atoms with E-state index in [0.717, 1.165) is 0 Å². The van der Waals surface area contributed by atoms with Crippen LogP contribution in [0.1, 0.15) is 39.5 Å². The van der Waals surface area contributed by atoms with Crippen LogP contribution in [-0.2, 0) is 0 Å². The monoisotopic (exact) mass is 354 g/mol. The number of nitrogens with zero attached hydrogens (tertiary/aromatic N) is 1. The number of rotatable bonds is 5. The lowest BCUT2D eigenvalue weighted by Gasteiger charge is -2.17. The first-order valence-corrected chi connectivity index (χ1v) is 8.04. The molecule has 4 nitrogen and oxygen atoms in total. The van der Waals surface area contributed by atoms with E-state index in [1.807, 2.05) is 0 Å². The van der Waals surface area contributed by atoms with E-state index in [1.165, 1.54) is 42.7 Å². The number of carbonyl (C=O) groups excluding carboxylic acids is 1. The molecule has 2 heterocycles. The predicted molar refractivity (Wildman–Crippen MR) is 93.2 cm³/mol. The summed E-state index contributed by atoms with van der Waals surface area (Å²) in [6, 6.07) is 9.91. The Morgan fingerprint density at radius 1 is 1.15 bits per heavy atom. The summed E-state index contributed by atoms with van der Waals surface area (Å²) in [5, 5.41) is 0. The molecule has 0 radical (unpaired) electrons. The van der Waals surface area contributed by atoms with Crippen molar-refractivity contribution < 1.29 is 13.6 Å². The molecule has 3 aromatic rings. The van der Waals surface area contributed by atoms with E-state index in [0.29, 0.717) is 16.7 Å². The van der Waals surface area contributed by atoms with Gasteiger partial charge in [0.05, 0.1) is 5.69 Å². The van der Waals surface area contributed by atoms with E-state index in [9.17, 15) is 18.4 Å². The van der Waals surface area contributed by atoms with Crippen molar-refractivity contribution in [2.45, 2.75) is 19.3 Å². The average Bonchev–Trinajstić information content (AvgIpc) is 2.63. The number of hydrogen-bond acceptors (Lipinski definition) is 3. The molecule has 0 aliphatic carbocycles. The lowest BCUT2D eigenvalue weighted by molar-refractivity contribution is 0.0976. The molecular formula is C20H16F2N2O2. The van der Waals surface area contributed by atoms with Crippen LogP contribution in [0.25, 0.3) is 0 Å². The first-order valence-electron chi connectivity index (χ1n) is 8.04. The van der Waals surface area contributed by atoms with Crippen molar-refractivity contribution in [1.82, 2.24) is 9.97 Å². The highest BCUT2D eigenvalue weighted by Crippen LogP contribution is 2.30. The highest BCUT2D eigenvalue weighted by molar-refractivity contribution is 5.96. The lowest BCUT2D eigenvalue weighted by Crippen LogP contribution is -2.14. The molecule has 3 rings (SSSR count). The number of H-pyrrole nitrogens is 1. The number of hydrogen-bond donors (Lipinski definition) is 1. The standard InChI is InChI=1S/C20H16F2N2O2/c1-12-4-5-13(9-17(12)22)15(20-16(21)3-2-8-23-20)10-18(25)14-6-7-19(26)24-11-14/h2-9,11,15H,10H2,1H3,(H,24,26)/t15-/m0/s1. The van der Waals surface area contributed by atoms with Crippen LogP contribution in [0, 0.1) is 18.6 Å². The van der Waals surface area contributed by atoms with Crippen LogP contribution in [-0.4, -0.2) is 15.8 Å². The summed E-state index contributed by atoms with van der Waals surface area (Å²) in [5.41, 5.74) is 0.964.